The molecule has 1 aromatic rings. The molecule has 3 heteroatoms. The quantitative estimate of drug-likeness (QED) is 0.626. The predicted molar refractivity (Wildman–Crippen MR) is 48.8 cm³/mol. The first-order valence-electron chi connectivity index (χ1n) is 4.45. The summed E-state index contributed by atoms with van der Waals surface area (Å²) in [4.78, 5) is 8.12. The molecule has 0 aromatic carbocycles. The Morgan fingerprint density at radius 1 is 1.42 bits per heavy atom. The smallest absolute Gasteiger partial charge is 0.115 e. The van der Waals surface area contributed by atoms with E-state index in [0.29, 0.717) is 0 Å². The van der Waals surface area contributed by atoms with E-state index < -0.39 is 0 Å². The Morgan fingerprint density at radius 2 is 2.25 bits per heavy atom. The number of fused-ring (bicyclic) bond motifs is 1. The fourth-order valence-electron chi connectivity index (χ4n) is 1.19. The third-order valence-corrected chi connectivity index (χ3v) is 1.74. The van der Waals surface area contributed by atoms with Crippen LogP contribution in [0.25, 0.3) is 0 Å². The maximum atomic E-state index is 4.17. The van der Waals surface area contributed by atoms with Gasteiger partial charge < -0.3 is 5.32 Å². The van der Waals surface area contributed by atoms with Gasteiger partial charge in [0.2, 0.25) is 0 Å². The molecular formula is C9H15N3. The van der Waals surface area contributed by atoms with Crippen molar-refractivity contribution in [3.05, 3.63) is 23.8 Å². The van der Waals surface area contributed by atoms with Gasteiger partial charge in [0.25, 0.3) is 0 Å². The Bertz CT molecular complexity index is 210. The number of hydrogen-bond donors (Lipinski definition) is 1. The molecule has 0 saturated heterocycles. The summed E-state index contributed by atoms with van der Waals surface area (Å²) < 4.78 is 0. The van der Waals surface area contributed by atoms with E-state index in [9.17, 15) is 0 Å². The van der Waals surface area contributed by atoms with Crippen LogP contribution in [0.2, 0.25) is 0 Å². The highest BCUT2D eigenvalue weighted by molar-refractivity contribution is 5.18. The van der Waals surface area contributed by atoms with Gasteiger partial charge in [-0.05, 0) is 0 Å². The Balaban J connectivity index is 0.000000336. The monoisotopic (exact) mass is 165 g/mol. The highest BCUT2D eigenvalue weighted by Gasteiger charge is 2.07. The second-order valence-electron chi connectivity index (χ2n) is 2.42. The molecule has 0 bridgehead atoms. The lowest BCUT2D eigenvalue weighted by Gasteiger charge is -2.13. The Hall–Kier alpha value is -0.960. The first-order chi connectivity index (χ1) is 5.97. The van der Waals surface area contributed by atoms with Gasteiger partial charge in [-0.15, -0.1) is 0 Å². The minimum atomic E-state index is 0.927. The van der Waals surface area contributed by atoms with Crippen LogP contribution in [-0.4, -0.2) is 16.5 Å². The van der Waals surface area contributed by atoms with Crippen molar-refractivity contribution in [2.45, 2.75) is 26.8 Å². The van der Waals surface area contributed by atoms with E-state index in [2.05, 4.69) is 15.3 Å². The van der Waals surface area contributed by atoms with Crippen LogP contribution in [-0.2, 0) is 13.0 Å². The molecule has 1 aliphatic heterocycles. The van der Waals surface area contributed by atoms with Gasteiger partial charge in [-0.2, -0.15) is 0 Å². The maximum Gasteiger partial charge on any atom is 0.115 e. The standard InChI is InChI=1S/C7H9N3.C2H6/c1-2-8-3-6-4-9-5-10-7(1)6;1-2/h4-5,8H,1-3H2;1-2H3. The molecular weight excluding hydrogens is 150 g/mol. The lowest BCUT2D eigenvalue weighted by atomic mass is 10.1. The first kappa shape index (κ1) is 9.13. The van der Waals surface area contributed by atoms with Gasteiger partial charge in [0.15, 0.2) is 0 Å². The molecule has 1 aliphatic rings. The number of aromatic nitrogens is 2. The van der Waals surface area contributed by atoms with Crippen LogP contribution >= 0.6 is 0 Å². The topological polar surface area (TPSA) is 37.8 Å². The van der Waals surface area contributed by atoms with Gasteiger partial charge >= 0.3 is 0 Å². The SMILES string of the molecule is CC.c1ncc2c(n1)CCNC2. The maximum absolute atomic E-state index is 4.17. The van der Waals surface area contributed by atoms with Gasteiger partial charge in [-0.3, -0.25) is 0 Å². The third-order valence-electron chi connectivity index (χ3n) is 1.74. The van der Waals surface area contributed by atoms with E-state index in [1.165, 1.54) is 11.3 Å². The van der Waals surface area contributed by atoms with Crippen molar-refractivity contribution in [1.29, 1.82) is 0 Å². The van der Waals surface area contributed by atoms with E-state index in [1.807, 2.05) is 20.0 Å². The molecule has 0 fully saturated rings. The summed E-state index contributed by atoms with van der Waals surface area (Å²) in [5.74, 6) is 0. The lowest BCUT2D eigenvalue weighted by molar-refractivity contribution is 0.625. The number of nitrogens with zero attached hydrogens (tertiary/aromatic N) is 2. The van der Waals surface area contributed by atoms with Crippen molar-refractivity contribution < 1.29 is 0 Å². The summed E-state index contributed by atoms with van der Waals surface area (Å²) in [5, 5.41) is 3.26. The normalized spacial score (nSPS) is 14.2. The molecule has 2 rings (SSSR count). The van der Waals surface area contributed by atoms with E-state index in [-0.39, 0.29) is 0 Å². The molecule has 0 saturated carbocycles. The fraction of sp³-hybridized carbons (Fsp3) is 0.556. The highest BCUT2D eigenvalue weighted by Crippen LogP contribution is 2.07. The molecule has 1 aromatic heterocycles. The zero-order valence-electron chi connectivity index (χ0n) is 7.67. The molecule has 0 spiro atoms. The molecule has 66 valence electrons. The summed E-state index contributed by atoms with van der Waals surface area (Å²) >= 11 is 0. The molecule has 0 radical (unpaired) electrons. The van der Waals surface area contributed by atoms with Crippen LogP contribution in [0.5, 0.6) is 0 Å². The fourth-order valence-corrected chi connectivity index (χ4v) is 1.19. The second-order valence-corrected chi connectivity index (χ2v) is 2.42. The summed E-state index contributed by atoms with van der Waals surface area (Å²) in [7, 11) is 0. The highest BCUT2D eigenvalue weighted by atomic mass is 14.9. The van der Waals surface area contributed by atoms with E-state index in [4.69, 9.17) is 0 Å². The Kier molecular flexibility index (Phi) is 3.67. The Morgan fingerprint density at radius 3 is 3.00 bits per heavy atom. The average Bonchev–Trinajstić information content (AvgIpc) is 2.21. The van der Waals surface area contributed by atoms with Gasteiger partial charge in [-0.25, -0.2) is 9.97 Å². The van der Waals surface area contributed by atoms with Gasteiger partial charge in [0.1, 0.15) is 6.33 Å². The molecule has 12 heavy (non-hydrogen) atoms. The summed E-state index contributed by atoms with van der Waals surface area (Å²) in [6, 6.07) is 0. The van der Waals surface area contributed by atoms with Crippen LogP contribution in [0.15, 0.2) is 12.5 Å². The molecule has 1 N–H and O–H groups in total. The summed E-state index contributed by atoms with van der Waals surface area (Å²) in [5.41, 5.74) is 2.45. The van der Waals surface area contributed by atoms with Crippen molar-refractivity contribution in [3.8, 4) is 0 Å². The second kappa shape index (κ2) is 4.83. The van der Waals surface area contributed by atoms with E-state index in [1.54, 1.807) is 6.33 Å². The molecule has 2 heterocycles. The number of rotatable bonds is 0. The van der Waals surface area contributed by atoms with Crippen LogP contribution in [0.4, 0.5) is 0 Å². The van der Waals surface area contributed by atoms with Gasteiger partial charge in [0.05, 0.1) is 0 Å². The van der Waals surface area contributed by atoms with Crippen molar-refractivity contribution in [2.24, 2.45) is 0 Å². The van der Waals surface area contributed by atoms with Crippen LogP contribution in [0, 0.1) is 0 Å². The molecule has 0 amide bonds. The number of nitrogens with one attached hydrogen (secondary N) is 1. The number of hydrogen-bond acceptors (Lipinski definition) is 3. The van der Waals surface area contributed by atoms with Crippen molar-refractivity contribution in [1.82, 2.24) is 15.3 Å². The summed E-state index contributed by atoms with van der Waals surface area (Å²) in [6.45, 7) is 5.97. The summed E-state index contributed by atoms with van der Waals surface area (Å²) in [6.07, 6.45) is 4.54. The lowest BCUT2D eigenvalue weighted by Crippen LogP contribution is -2.24. The molecule has 0 atom stereocenters. The molecule has 3 nitrogen and oxygen atoms in total. The van der Waals surface area contributed by atoms with Crippen LogP contribution in [0.3, 0.4) is 0 Å². The Labute approximate surface area is 73.2 Å². The largest absolute Gasteiger partial charge is 0.312 e. The van der Waals surface area contributed by atoms with Crippen molar-refractivity contribution >= 4 is 0 Å². The van der Waals surface area contributed by atoms with Crippen LogP contribution < -0.4 is 5.32 Å². The molecule has 0 unspecified atom stereocenters. The minimum absolute atomic E-state index is 0.927. The van der Waals surface area contributed by atoms with Gasteiger partial charge in [0, 0.05) is 37.0 Å². The van der Waals surface area contributed by atoms with E-state index in [0.717, 1.165) is 19.5 Å². The zero-order valence-corrected chi connectivity index (χ0v) is 7.67. The zero-order chi connectivity index (χ0) is 8.81. The van der Waals surface area contributed by atoms with Gasteiger partial charge in [-0.1, -0.05) is 13.8 Å². The first-order valence-corrected chi connectivity index (χ1v) is 4.45. The third kappa shape index (κ3) is 2.01. The van der Waals surface area contributed by atoms with Crippen LogP contribution in [0.1, 0.15) is 25.1 Å². The molecule has 0 aliphatic carbocycles. The van der Waals surface area contributed by atoms with E-state index >= 15 is 0 Å². The van der Waals surface area contributed by atoms with Crippen molar-refractivity contribution in [2.75, 3.05) is 6.54 Å². The predicted octanol–water partition coefficient (Wildman–Crippen LogP) is 1.15. The van der Waals surface area contributed by atoms with Crippen molar-refractivity contribution in [3.63, 3.8) is 0 Å². The average molecular weight is 165 g/mol. The minimum Gasteiger partial charge on any atom is -0.312 e.